The summed E-state index contributed by atoms with van der Waals surface area (Å²) in [5.41, 5.74) is -1.43. The molecule has 5 rings (SSSR count). The average molecular weight is 587 g/mol. The third-order valence-corrected chi connectivity index (χ3v) is 9.36. The van der Waals surface area contributed by atoms with E-state index in [1.807, 2.05) is 27.7 Å². The van der Waals surface area contributed by atoms with Crippen molar-refractivity contribution < 1.29 is 33.7 Å². The first-order chi connectivity index (χ1) is 20.1. The van der Waals surface area contributed by atoms with Crippen molar-refractivity contribution >= 4 is 23.4 Å². The molecule has 4 saturated heterocycles. The van der Waals surface area contributed by atoms with Crippen LogP contribution in [0, 0.1) is 17.8 Å². The number of rotatable bonds is 12. The highest BCUT2D eigenvalue weighted by Crippen LogP contribution is 2.63. The van der Waals surface area contributed by atoms with E-state index in [-0.39, 0.29) is 30.2 Å². The van der Waals surface area contributed by atoms with E-state index in [4.69, 9.17) is 14.2 Å². The monoisotopic (exact) mass is 586 g/mol. The van der Waals surface area contributed by atoms with E-state index in [0.717, 1.165) is 13.1 Å². The fourth-order valence-electron chi connectivity index (χ4n) is 7.56. The lowest BCUT2D eigenvalue weighted by Crippen LogP contribution is -2.58. The highest BCUT2D eigenvalue weighted by atomic mass is 16.5. The van der Waals surface area contributed by atoms with E-state index in [0.29, 0.717) is 63.6 Å². The van der Waals surface area contributed by atoms with Crippen LogP contribution in [0.1, 0.15) is 47.0 Å². The number of amides is 3. The number of likely N-dealkylation sites (tertiary alicyclic amines) is 1. The maximum Gasteiger partial charge on any atom is 0.245 e. The van der Waals surface area contributed by atoms with Crippen LogP contribution in [0.5, 0.6) is 5.75 Å². The van der Waals surface area contributed by atoms with Gasteiger partial charge < -0.3 is 34.9 Å². The summed E-state index contributed by atoms with van der Waals surface area (Å²) in [5.74, 6) is -1.61. The van der Waals surface area contributed by atoms with Gasteiger partial charge in [-0.1, -0.05) is 13.8 Å². The summed E-state index contributed by atoms with van der Waals surface area (Å²) in [6.07, 6.45) is 1.57. The number of anilines is 1. The first-order valence-electron chi connectivity index (χ1n) is 15.4. The van der Waals surface area contributed by atoms with Gasteiger partial charge in [0.15, 0.2) is 0 Å². The molecule has 0 aromatic heterocycles. The number of nitrogens with zero attached hydrogens (tertiary/aromatic N) is 2. The van der Waals surface area contributed by atoms with Crippen LogP contribution in [0.3, 0.4) is 0 Å². The Bertz CT molecular complexity index is 1140. The lowest BCUT2D eigenvalue weighted by atomic mass is 9.66. The van der Waals surface area contributed by atoms with Gasteiger partial charge in [-0.25, -0.2) is 0 Å². The van der Waals surface area contributed by atoms with Gasteiger partial charge >= 0.3 is 0 Å². The van der Waals surface area contributed by atoms with Crippen molar-refractivity contribution in [1.29, 1.82) is 0 Å². The van der Waals surface area contributed by atoms with Crippen LogP contribution in [-0.2, 0) is 23.9 Å². The molecule has 4 fully saturated rings. The van der Waals surface area contributed by atoms with E-state index in [1.165, 1.54) is 0 Å². The molecule has 3 N–H and O–H groups in total. The molecule has 4 aliphatic rings. The van der Waals surface area contributed by atoms with Gasteiger partial charge in [-0.15, -0.1) is 0 Å². The van der Waals surface area contributed by atoms with Crippen molar-refractivity contribution in [1.82, 2.24) is 15.1 Å². The second-order valence-corrected chi connectivity index (χ2v) is 12.6. The standard InChI is InChI=1S/C31H46N4O7/c1-5-41-23-8-6-21(7-9-23)33-27(37)24-25-29(39)35(22(19-36)18-20(2)3)26(31(25)11-10-30(24,4)42-31)28(38)32-12-13-34-14-16-40-17-15-34/h6-9,20,22,24-26,36H,5,10-19H2,1-4H3,(H,32,38)(H,33,37)/t22-,24-,25+,26?,30+,31?/m1/s1. The summed E-state index contributed by atoms with van der Waals surface area (Å²) in [6.45, 7) is 12.2. The fraction of sp³-hybridized carbons (Fsp3) is 0.710. The van der Waals surface area contributed by atoms with Crippen LogP contribution in [0.15, 0.2) is 24.3 Å². The zero-order chi connectivity index (χ0) is 30.1. The molecule has 1 aromatic carbocycles. The van der Waals surface area contributed by atoms with Gasteiger partial charge in [0, 0.05) is 31.9 Å². The number of aliphatic hydroxyl groups excluding tert-OH is 1. The first-order valence-corrected chi connectivity index (χ1v) is 15.4. The van der Waals surface area contributed by atoms with Crippen molar-refractivity contribution in [3.05, 3.63) is 24.3 Å². The zero-order valence-corrected chi connectivity index (χ0v) is 25.3. The molecule has 11 heteroatoms. The quantitative estimate of drug-likeness (QED) is 0.337. The number of hydrogen-bond donors (Lipinski definition) is 3. The highest BCUT2D eigenvalue weighted by molar-refractivity contribution is 6.02. The Morgan fingerprint density at radius 2 is 1.86 bits per heavy atom. The van der Waals surface area contributed by atoms with E-state index in [1.54, 1.807) is 29.2 Å². The molecule has 42 heavy (non-hydrogen) atoms. The molecular weight excluding hydrogens is 540 g/mol. The van der Waals surface area contributed by atoms with Gasteiger partial charge in [-0.2, -0.15) is 0 Å². The number of carbonyl (C=O) groups is 3. The van der Waals surface area contributed by atoms with Crippen LogP contribution in [0.4, 0.5) is 5.69 Å². The van der Waals surface area contributed by atoms with Gasteiger partial charge in [0.05, 0.1) is 49.9 Å². The molecule has 4 aliphatic heterocycles. The highest BCUT2D eigenvalue weighted by Gasteiger charge is 2.78. The number of ether oxygens (including phenoxy) is 3. The summed E-state index contributed by atoms with van der Waals surface area (Å²) in [7, 11) is 0. The van der Waals surface area contributed by atoms with Crippen molar-refractivity contribution in [2.75, 3.05) is 57.9 Å². The molecule has 4 heterocycles. The maximum absolute atomic E-state index is 14.4. The summed E-state index contributed by atoms with van der Waals surface area (Å²) in [4.78, 5) is 46.0. The Morgan fingerprint density at radius 1 is 1.14 bits per heavy atom. The number of morpholine rings is 1. The lowest BCUT2D eigenvalue weighted by Gasteiger charge is -2.37. The fourth-order valence-corrected chi connectivity index (χ4v) is 7.56. The van der Waals surface area contributed by atoms with Gasteiger partial charge in [0.1, 0.15) is 17.4 Å². The third kappa shape index (κ3) is 5.64. The molecule has 2 unspecified atom stereocenters. The Hall–Kier alpha value is -2.73. The zero-order valence-electron chi connectivity index (χ0n) is 25.3. The normalized spacial score (nSPS) is 31.3. The predicted octanol–water partition coefficient (Wildman–Crippen LogP) is 1.64. The minimum atomic E-state index is -1.14. The van der Waals surface area contributed by atoms with Gasteiger partial charge in [-0.05, 0) is 63.3 Å². The maximum atomic E-state index is 14.4. The predicted molar refractivity (Wildman–Crippen MR) is 156 cm³/mol. The molecule has 2 bridgehead atoms. The Morgan fingerprint density at radius 3 is 2.50 bits per heavy atom. The van der Waals surface area contributed by atoms with Gasteiger partial charge in [-0.3, -0.25) is 19.3 Å². The van der Waals surface area contributed by atoms with Crippen molar-refractivity contribution in [3.8, 4) is 5.75 Å². The Labute approximate surface area is 248 Å². The molecule has 0 saturated carbocycles. The molecule has 3 amide bonds. The van der Waals surface area contributed by atoms with Crippen molar-refractivity contribution in [3.63, 3.8) is 0 Å². The van der Waals surface area contributed by atoms with E-state index < -0.39 is 35.1 Å². The number of fused-ring (bicyclic) bond motifs is 1. The molecule has 1 aromatic rings. The summed E-state index contributed by atoms with van der Waals surface area (Å²) in [5, 5.41) is 16.5. The molecule has 1 spiro atoms. The van der Waals surface area contributed by atoms with E-state index in [2.05, 4.69) is 15.5 Å². The number of aliphatic hydroxyl groups is 1. The molecule has 0 aliphatic carbocycles. The molecule has 232 valence electrons. The van der Waals surface area contributed by atoms with E-state index in [9.17, 15) is 19.5 Å². The third-order valence-electron chi connectivity index (χ3n) is 9.36. The van der Waals surface area contributed by atoms with Crippen LogP contribution in [0.25, 0.3) is 0 Å². The smallest absolute Gasteiger partial charge is 0.245 e. The Balaban J connectivity index is 1.41. The molecular formula is C31H46N4O7. The number of hydrogen-bond acceptors (Lipinski definition) is 8. The molecule has 0 radical (unpaired) electrons. The van der Waals surface area contributed by atoms with Crippen molar-refractivity contribution in [2.45, 2.75) is 70.2 Å². The average Bonchev–Trinajstić information content (AvgIpc) is 3.54. The van der Waals surface area contributed by atoms with Crippen LogP contribution < -0.4 is 15.4 Å². The number of nitrogens with one attached hydrogen (secondary N) is 2. The second-order valence-electron chi connectivity index (χ2n) is 12.6. The molecule has 11 nitrogen and oxygen atoms in total. The summed E-state index contributed by atoms with van der Waals surface area (Å²) < 4.78 is 17.6. The van der Waals surface area contributed by atoms with Crippen LogP contribution in [0.2, 0.25) is 0 Å². The van der Waals surface area contributed by atoms with Gasteiger partial charge in [0.25, 0.3) is 0 Å². The first kappa shape index (κ1) is 30.7. The lowest BCUT2D eigenvalue weighted by molar-refractivity contribution is -0.149. The van der Waals surface area contributed by atoms with Gasteiger partial charge in [0.2, 0.25) is 17.7 Å². The van der Waals surface area contributed by atoms with Crippen LogP contribution in [-0.4, -0.2) is 109 Å². The second kappa shape index (κ2) is 12.5. The summed E-state index contributed by atoms with van der Waals surface area (Å²) >= 11 is 0. The Kier molecular flexibility index (Phi) is 9.13. The SMILES string of the molecule is CCOc1ccc(NC(=O)[C@H]2[C@H]3C(=O)N([C@@H](CO)CC(C)C)C(C(=O)NCCN4CCOCC4)C34CC[C@]2(C)O4)cc1. The topological polar surface area (TPSA) is 130 Å². The molecule has 6 atom stereocenters. The van der Waals surface area contributed by atoms with E-state index >= 15 is 0 Å². The minimum Gasteiger partial charge on any atom is -0.494 e. The summed E-state index contributed by atoms with van der Waals surface area (Å²) in [6, 6.07) is 5.63. The number of carbonyl (C=O) groups excluding carboxylic acids is 3. The largest absolute Gasteiger partial charge is 0.494 e. The minimum absolute atomic E-state index is 0.187. The number of benzene rings is 1. The van der Waals surface area contributed by atoms with Crippen molar-refractivity contribution in [2.24, 2.45) is 17.8 Å². The van der Waals surface area contributed by atoms with Crippen LogP contribution >= 0.6 is 0 Å².